The fourth-order valence-electron chi connectivity index (χ4n) is 4.51. The van der Waals surface area contributed by atoms with Crippen LogP contribution in [0.5, 0.6) is 0 Å². The van der Waals surface area contributed by atoms with Gasteiger partial charge in [-0.3, -0.25) is 9.69 Å². The predicted molar refractivity (Wildman–Crippen MR) is 156 cm³/mol. The number of amides is 2. The van der Waals surface area contributed by atoms with Crippen molar-refractivity contribution >= 4 is 50.7 Å². The Labute approximate surface area is 254 Å². The highest BCUT2D eigenvalue weighted by Crippen LogP contribution is 2.37. The molecule has 3 rings (SSSR count). The van der Waals surface area contributed by atoms with Crippen molar-refractivity contribution in [2.75, 3.05) is 25.4 Å². The van der Waals surface area contributed by atoms with Crippen molar-refractivity contribution in [3.8, 4) is 0 Å². The standard InChI is InChI=1S/C28H34BrClF3N3O4S/c1-5-41(39)24-7-6-20(30)10-19(24)14-34-25(37)18-11-22(28(31,32)33)21(23(29)12-18)16-36-9-8-17(15-36)13-35-26(38)40-27(2,3)4/h6-7,10-12,17H,5,8-9,13-16H2,1-4H3,(H,34,37)(H,35,38)/t17-,41?/m0/s1. The molecule has 0 radical (unpaired) electrons. The van der Waals surface area contributed by atoms with E-state index in [2.05, 4.69) is 26.6 Å². The number of alkyl carbamates (subject to hydrolysis) is 1. The van der Waals surface area contributed by atoms with E-state index in [1.165, 1.54) is 6.07 Å². The average Bonchev–Trinajstić information content (AvgIpc) is 3.32. The van der Waals surface area contributed by atoms with Crippen LogP contribution >= 0.6 is 27.5 Å². The van der Waals surface area contributed by atoms with Crippen molar-refractivity contribution in [3.63, 3.8) is 0 Å². The quantitative estimate of drug-likeness (QED) is 0.294. The monoisotopic (exact) mass is 679 g/mol. The van der Waals surface area contributed by atoms with Crippen LogP contribution < -0.4 is 10.6 Å². The molecule has 2 N–H and O–H groups in total. The molecule has 41 heavy (non-hydrogen) atoms. The second kappa shape index (κ2) is 14.0. The molecule has 0 bridgehead atoms. The molecule has 1 fully saturated rings. The summed E-state index contributed by atoms with van der Waals surface area (Å²) in [6.07, 6.45) is -4.51. The summed E-state index contributed by atoms with van der Waals surface area (Å²) in [6, 6.07) is 7.03. The summed E-state index contributed by atoms with van der Waals surface area (Å²) in [5.74, 6) is -0.270. The van der Waals surface area contributed by atoms with Crippen LogP contribution in [0.1, 0.15) is 61.2 Å². The van der Waals surface area contributed by atoms with Crippen LogP contribution in [0.4, 0.5) is 18.0 Å². The number of hydrogen-bond donors (Lipinski definition) is 2. The lowest BCUT2D eigenvalue weighted by Gasteiger charge is -2.22. The minimum Gasteiger partial charge on any atom is -0.611 e. The Bertz CT molecular complexity index is 1260. The number of halogens is 5. The van der Waals surface area contributed by atoms with E-state index in [1.54, 1.807) is 45.9 Å². The van der Waals surface area contributed by atoms with Crippen LogP contribution in [0.2, 0.25) is 5.02 Å². The first-order chi connectivity index (χ1) is 19.1. The van der Waals surface area contributed by atoms with Gasteiger partial charge in [0.1, 0.15) is 11.4 Å². The zero-order valence-corrected chi connectivity index (χ0v) is 26.5. The highest BCUT2D eigenvalue weighted by atomic mass is 79.9. The number of benzene rings is 2. The van der Waals surface area contributed by atoms with Crippen LogP contribution in [0.3, 0.4) is 0 Å². The molecule has 1 unspecified atom stereocenters. The topological polar surface area (TPSA) is 93.7 Å². The molecule has 0 spiro atoms. The minimum atomic E-state index is -4.69. The van der Waals surface area contributed by atoms with E-state index in [1.807, 2.05) is 4.90 Å². The highest BCUT2D eigenvalue weighted by molar-refractivity contribution is 9.10. The van der Waals surface area contributed by atoms with Gasteiger partial charge in [0.2, 0.25) is 0 Å². The highest BCUT2D eigenvalue weighted by Gasteiger charge is 2.36. The lowest BCUT2D eigenvalue weighted by Crippen LogP contribution is -2.36. The molecule has 2 atom stereocenters. The van der Waals surface area contributed by atoms with Gasteiger partial charge in [-0.25, -0.2) is 4.79 Å². The van der Waals surface area contributed by atoms with Gasteiger partial charge in [0, 0.05) is 46.8 Å². The predicted octanol–water partition coefficient (Wildman–Crippen LogP) is 6.53. The molecule has 13 heteroatoms. The number of carbonyl (C=O) groups excluding carboxylic acids is 2. The van der Waals surface area contributed by atoms with E-state index in [0.29, 0.717) is 47.3 Å². The van der Waals surface area contributed by atoms with Crippen molar-refractivity contribution in [2.45, 2.75) is 63.9 Å². The van der Waals surface area contributed by atoms with Gasteiger partial charge in [0.05, 0.1) is 5.56 Å². The summed E-state index contributed by atoms with van der Waals surface area (Å²) in [5.41, 5.74) is -1.12. The Hall–Kier alpha value is -1.99. The molecule has 0 aromatic heterocycles. The number of alkyl halides is 3. The molecular formula is C28H34BrClF3N3O4S. The minimum absolute atomic E-state index is 0.0228. The Morgan fingerprint density at radius 1 is 1.20 bits per heavy atom. The summed E-state index contributed by atoms with van der Waals surface area (Å²) >= 11 is 8.03. The smallest absolute Gasteiger partial charge is 0.416 e. The Balaban J connectivity index is 1.71. The molecular weight excluding hydrogens is 647 g/mol. The molecule has 1 aliphatic heterocycles. The molecule has 0 saturated carbocycles. The number of nitrogens with one attached hydrogen (secondary N) is 2. The second-order valence-corrected chi connectivity index (χ2v) is 13.8. The summed E-state index contributed by atoms with van der Waals surface area (Å²) in [5, 5.41) is 5.75. The third-order valence-corrected chi connectivity index (χ3v) is 8.77. The van der Waals surface area contributed by atoms with Gasteiger partial charge in [-0.15, -0.1) is 0 Å². The molecule has 1 heterocycles. The van der Waals surface area contributed by atoms with Crippen LogP contribution in [-0.2, 0) is 35.2 Å². The summed E-state index contributed by atoms with van der Waals surface area (Å²) in [4.78, 5) is 27.3. The van der Waals surface area contributed by atoms with Gasteiger partial charge in [-0.1, -0.05) is 27.5 Å². The lowest BCUT2D eigenvalue weighted by atomic mass is 10.0. The zero-order valence-electron chi connectivity index (χ0n) is 23.3. The van der Waals surface area contributed by atoms with E-state index in [4.69, 9.17) is 16.3 Å². The van der Waals surface area contributed by atoms with Gasteiger partial charge in [-0.2, -0.15) is 13.2 Å². The molecule has 0 aliphatic carbocycles. The number of carbonyl (C=O) groups is 2. The number of likely N-dealkylation sites (tertiary alicyclic amines) is 1. The maximum Gasteiger partial charge on any atom is 0.416 e. The van der Waals surface area contributed by atoms with E-state index >= 15 is 0 Å². The normalized spacial score (nSPS) is 16.9. The van der Waals surface area contributed by atoms with E-state index in [-0.39, 0.29) is 34.6 Å². The van der Waals surface area contributed by atoms with Crippen molar-refractivity contribution < 1.29 is 32.0 Å². The first-order valence-corrected chi connectivity index (χ1v) is 15.6. The van der Waals surface area contributed by atoms with E-state index < -0.39 is 40.5 Å². The molecule has 2 aromatic carbocycles. The molecule has 7 nitrogen and oxygen atoms in total. The Morgan fingerprint density at radius 2 is 1.90 bits per heavy atom. The van der Waals surface area contributed by atoms with Crippen LogP contribution in [0, 0.1) is 5.92 Å². The Kier molecular flexibility index (Phi) is 11.4. The second-order valence-electron chi connectivity index (χ2n) is 10.8. The number of hydrogen-bond acceptors (Lipinski definition) is 5. The van der Waals surface area contributed by atoms with Gasteiger partial charge in [-0.05, 0) is 93.6 Å². The Morgan fingerprint density at radius 3 is 2.54 bits per heavy atom. The van der Waals surface area contributed by atoms with Crippen molar-refractivity contribution in [1.82, 2.24) is 15.5 Å². The molecule has 226 valence electrons. The fraction of sp³-hybridized carbons (Fsp3) is 0.500. The summed E-state index contributed by atoms with van der Waals surface area (Å²) in [7, 11) is 0. The fourth-order valence-corrected chi connectivity index (χ4v) is 6.25. The van der Waals surface area contributed by atoms with Crippen LogP contribution in [0.15, 0.2) is 39.7 Å². The maximum absolute atomic E-state index is 14.2. The largest absolute Gasteiger partial charge is 0.611 e. The number of nitrogens with zero attached hydrogens (tertiary/aromatic N) is 1. The van der Waals surface area contributed by atoms with Crippen LogP contribution in [0.25, 0.3) is 0 Å². The van der Waals surface area contributed by atoms with E-state index in [0.717, 1.165) is 6.07 Å². The molecule has 2 aromatic rings. The van der Waals surface area contributed by atoms with Gasteiger partial charge < -0.3 is 19.9 Å². The molecule has 1 aliphatic rings. The lowest BCUT2D eigenvalue weighted by molar-refractivity contribution is -0.138. The molecule has 1 saturated heterocycles. The summed E-state index contributed by atoms with van der Waals surface area (Å²) < 4.78 is 60.3. The average molecular weight is 681 g/mol. The number of rotatable bonds is 9. The van der Waals surface area contributed by atoms with Crippen LogP contribution in [-0.4, -0.2) is 52.4 Å². The van der Waals surface area contributed by atoms with Crippen molar-refractivity contribution in [3.05, 3.63) is 62.1 Å². The van der Waals surface area contributed by atoms with Gasteiger partial charge in [0.15, 0.2) is 4.90 Å². The van der Waals surface area contributed by atoms with Crippen molar-refractivity contribution in [1.29, 1.82) is 0 Å². The maximum atomic E-state index is 14.2. The SMILES string of the molecule is CC[S+]([O-])c1ccc(Cl)cc1CNC(=O)c1cc(Br)c(CN2CC[C@@H](CNC(=O)OC(C)(C)C)C2)c(C(F)(F)F)c1. The van der Waals surface area contributed by atoms with Gasteiger partial charge in [0.25, 0.3) is 5.91 Å². The summed E-state index contributed by atoms with van der Waals surface area (Å²) in [6.45, 7) is 8.45. The first-order valence-electron chi connectivity index (χ1n) is 13.1. The van der Waals surface area contributed by atoms with Gasteiger partial charge >= 0.3 is 12.3 Å². The molecule has 2 amide bonds. The third kappa shape index (κ3) is 9.77. The zero-order chi connectivity index (χ0) is 30.5. The van der Waals surface area contributed by atoms with E-state index in [9.17, 15) is 27.3 Å². The van der Waals surface area contributed by atoms with Crippen molar-refractivity contribution in [2.24, 2.45) is 5.92 Å². The third-order valence-electron chi connectivity index (χ3n) is 6.42. The first kappa shape index (κ1) is 33.5. The number of ether oxygens (including phenoxy) is 1.